The van der Waals surface area contributed by atoms with Crippen LogP contribution in [0.4, 0.5) is 0 Å². The molecule has 16 aromatic carbocycles. The van der Waals surface area contributed by atoms with Crippen LogP contribution in [0.15, 0.2) is 352 Å². The van der Waals surface area contributed by atoms with Gasteiger partial charge in [0.2, 0.25) is 0 Å². The average molecular weight is 1400 g/mol. The number of hydrogen-bond acceptors (Lipinski definition) is 6. The Bertz CT molecular complexity index is 7010. The van der Waals surface area contributed by atoms with E-state index in [4.69, 9.17) is 19.9 Å². The predicted molar refractivity (Wildman–Crippen MR) is 457 cm³/mol. The van der Waals surface area contributed by atoms with Crippen molar-refractivity contribution < 1.29 is 0 Å². The van der Waals surface area contributed by atoms with Crippen LogP contribution in [0.2, 0.25) is 0 Å². The number of rotatable bonds is 10. The molecule has 0 fully saturated rings. The van der Waals surface area contributed by atoms with Crippen molar-refractivity contribution in [2.24, 2.45) is 0 Å². The molecular weight excluding hydrogens is 1330 g/mol. The van der Waals surface area contributed by atoms with Crippen molar-refractivity contribution in [1.29, 1.82) is 0 Å². The first-order chi connectivity index (χ1) is 54.0. The second-order valence-corrected chi connectivity index (χ2v) is 30.5. The van der Waals surface area contributed by atoms with Crippen LogP contribution in [-0.4, -0.2) is 29.9 Å². The van der Waals surface area contributed by atoms with Crippen molar-refractivity contribution in [2.75, 3.05) is 0 Å². The number of pyridine rings is 2. The molecule has 6 heteroatoms. The number of nitrogens with zero attached hydrogens (tertiary/aromatic N) is 6. The van der Waals surface area contributed by atoms with E-state index in [2.05, 4.69) is 353 Å². The molecule has 2 aliphatic rings. The molecule has 0 bridgehead atoms. The fourth-order valence-corrected chi connectivity index (χ4v) is 17.8. The summed E-state index contributed by atoms with van der Waals surface area (Å²) in [6.45, 7) is 9.34. The van der Waals surface area contributed by atoms with E-state index < -0.39 is 0 Å². The highest BCUT2D eigenvalue weighted by molar-refractivity contribution is 6.26. The van der Waals surface area contributed by atoms with Gasteiger partial charge in [-0.1, -0.05) is 301 Å². The Morgan fingerprint density at radius 3 is 0.936 bits per heavy atom. The number of aromatic nitrogens is 6. The predicted octanol–water partition coefficient (Wildman–Crippen LogP) is 26.8. The minimum atomic E-state index is -0.0465. The van der Waals surface area contributed by atoms with Crippen molar-refractivity contribution in [3.8, 4) is 135 Å². The monoisotopic (exact) mass is 1400 g/mol. The van der Waals surface area contributed by atoms with Gasteiger partial charge in [0.05, 0.1) is 22.8 Å². The molecule has 0 N–H and O–H groups in total. The Morgan fingerprint density at radius 1 is 0.200 bits per heavy atom. The Morgan fingerprint density at radius 2 is 0.509 bits per heavy atom. The first-order valence-corrected chi connectivity index (χ1v) is 37.8. The molecule has 110 heavy (non-hydrogen) atoms. The molecule has 22 rings (SSSR count). The quantitative estimate of drug-likeness (QED) is 0.127. The van der Waals surface area contributed by atoms with E-state index in [9.17, 15) is 0 Å². The molecule has 516 valence electrons. The van der Waals surface area contributed by atoms with E-state index in [0.717, 1.165) is 89.2 Å². The smallest absolute Gasteiger partial charge is 0.161 e. The molecule has 2 aliphatic carbocycles. The average Bonchev–Trinajstić information content (AvgIpc) is 1.18. The lowest BCUT2D eigenvalue weighted by atomic mass is 9.81. The zero-order valence-electron chi connectivity index (χ0n) is 61.2. The van der Waals surface area contributed by atoms with Crippen LogP contribution in [0.1, 0.15) is 49.9 Å². The van der Waals surface area contributed by atoms with Crippen LogP contribution in [0.25, 0.3) is 199 Å². The van der Waals surface area contributed by atoms with E-state index >= 15 is 0 Å². The lowest BCUT2D eigenvalue weighted by Gasteiger charge is -2.22. The highest BCUT2D eigenvalue weighted by Gasteiger charge is 2.37. The molecule has 4 heterocycles. The normalized spacial score (nSPS) is 13.1. The van der Waals surface area contributed by atoms with E-state index in [0.29, 0.717) is 11.6 Å². The molecule has 0 aliphatic heterocycles. The minimum absolute atomic E-state index is 0.0447. The molecule has 6 nitrogen and oxygen atoms in total. The summed E-state index contributed by atoms with van der Waals surface area (Å²) in [6.07, 6.45) is 7.42. The first-order valence-electron chi connectivity index (χ1n) is 37.8. The molecule has 0 amide bonds. The van der Waals surface area contributed by atoms with Crippen molar-refractivity contribution in [3.63, 3.8) is 0 Å². The molecule has 0 radical (unpaired) electrons. The van der Waals surface area contributed by atoms with Crippen molar-refractivity contribution in [2.45, 2.75) is 38.5 Å². The maximum Gasteiger partial charge on any atom is 0.161 e. The number of fused-ring (bicyclic) bond motifs is 6. The van der Waals surface area contributed by atoms with Crippen molar-refractivity contribution in [1.82, 2.24) is 29.9 Å². The van der Waals surface area contributed by atoms with Crippen LogP contribution in [0.5, 0.6) is 0 Å². The molecule has 4 aromatic heterocycles. The van der Waals surface area contributed by atoms with Crippen molar-refractivity contribution >= 4 is 64.6 Å². The second-order valence-electron chi connectivity index (χ2n) is 30.5. The summed E-state index contributed by atoms with van der Waals surface area (Å²) >= 11 is 0. The Hall–Kier alpha value is -13.9. The van der Waals surface area contributed by atoms with Gasteiger partial charge in [-0.05, 0) is 203 Å². The highest BCUT2D eigenvalue weighted by Crippen LogP contribution is 2.52. The molecule has 0 saturated heterocycles. The first kappa shape index (κ1) is 64.4. The Labute approximate surface area is 638 Å². The lowest BCUT2D eigenvalue weighted by molar-refractivity contribution is 0.660. The van der Waals surface area contributed by atoms with Gasteiger partial charge < -0.3 is 0 Å². The number of benzene rings is 16. The third kappa shape index (κ3) is 10.7. The largest absolute Gasteiger partial charge is 0.264 e. The van der Waals surface area contributed by atoms with E-state index in [-0.39, 0.29) is 10.8 Å². The lowest BCUT2D eigenvalue weighted by Crippen LogP contribution is -2.14. The summed E-state index contributed by atoms with van der Waals surface area (Å²) in [6, 6.07) is 118. The molecule has 0 atom stereocenters. The summed E-state index contributed by atoms with van der Waals surface area (Å²) in [7, 11) is 0. The maximum absolute atomic E-state index is 5.33. The zero-order chi connectivity index (χ0) is 73.3. The molecular formula is C104H70N6. The minimum Gasteiger partial charge on any atom is -0.264 e. The third-order valence-electron chi connectivity index (χ3n) is 23.5. The van der Waals surface area contributed by atoms with Gasteiger partial charge in [-0.15, -0.1) is 0 Å². The maximum atomic E-state index is 5.33. The standard InChI is InChI=1S/2C52H35N3/c1-52(2)45-14-4-3-13-41(45)42-24-23-38(29-46(42)52)32-15-17-33(18-16-32)47-30-48(39-11-6-10-37(28-39)40-12-7-27-53-31-40)55-51(54-47)44-26-22-36-20-19-34-8-5-9-35-21-25-43(44)50(36)49(34)35;1-52(2)45-11-4-3-10-41(45)42-25-24-39(29-46(42)52)32-12-16-34(17-13-32)47-30-48(35-18-14-33(15-19-35)40-9-6-28-53-31-40)55-51(54-47)44-27-23-38-21-20-36-7-5-8-37-22-26-43(44)50(38)49(36)37/h2*3-31H,1-2H3. The van der Waals surface area contributed by atoms with E-state index in [1.165, 1.54) is 121 Å². The summed E-state index contributed by atoms with van der Waals surface area (Å²) < 4.78 is 0. The van der Waals surface area contributed by atoms with Gasteiger partial charge in [0, 0.05) is 74.6 Å². The fraction of sp³-hybridized carbons (Fsp3) is 0.0577. The van der Waals surface area contributed by atoms with Gasteiger partial charge in [0.25, 0.3) is 0 Å². The fourth-order valence-electron chi connectivity index (χ4n) is 17.8. The topological polar surface area (TPSA) is 77.3 Å². The van der Waals surface area contributed by atoms with Crippen LogP contribution < -0.4 is 0 Å². The third-order valence-corrected chi connectivity index (χ3v) is 23.5. The van der Waals surface area contributed by atoms with Gasteiger partial charge >= 0.3 is 0 Å². The molecule has 20 aromatic rings. The molecule has 0 spiro atoms. The van der Waals surface area contributed by atoms with Gasteiger partial charge in [-0.2, -0.15) is 0 Å². The van der Waals surface area contributed by atoms with Crippen LogP contribution in [0, 0.1) is 0 Å². The highest BCUT2D eigenvalue weighted by atomic mass is 14.9. The summed E-state index contributed by atoms with van der Waals surface area (Å²) in [5, 5.41) is 14.8. The van der Waals surface area contributed by atoms with Gasteiger partial charge in [-0.3, -0.25) is 9.97 Å². The Kier molecular flexibility index (Phi) is 14.9. The summed E-state index contributed by atoms with van der Waals surface area (Å²) in [5.74, 6) is 1.42. The Balaban J connectivity index is 0.000000140. The van der Waals surface area contributed by atoms with Gasteiger partial charge in [0.15, 0.2) is 11.6 Å². The van der Waals surface area contributed by atoms with Crippen LogP contribution in [-0.2, 0) is 10.8 Å². The van der Waals surface area contributed by atoms with Crippen LogP contribution >= 0.6 is 0 Å². The van der Waals surface area contributed by atoms with Crippen molar-refractivity contribution in [3.05, 3.63) is 375 Å². The van der Waals surface area contributed by atoms with Crippen LogP contribution in [0.3, 0.4) is 0 Å². The van der Waals surface area contributed by atoms with E-state index in [1.807, 2.05) is 30.7 Å². The van der Waals surface area contributed by atoms with Gasteiger partial charge in [0.1, 0.15) is 0 Å². The summed E-state index contributed by atoms with van der Waals surface area (Å²) in [5.41, 5.74) is 29.7. The second kappa shape index (κ2) is 25.4. The van der Waals surface area contributed by atoms with Gasteiger partial charge in [-0.25, -0.2) is 19.9 Å². The molecule has 0 unspecified atom stereocenters. The summed E-state index contributed by atoms with van der Waals surface area (Å²) in [4.78, 5) is 30.0. The van der Waals surface area contributed by atoms with E-state index in [1.54, 1.807) is 6.20 Å². The zero-order valence-corrected chi connectivity index (χ0v) is 61.2. The number of hydrogen-bond donors (Lipinski definition) is 0. The SMILES string of the molecule is CC1(C)c2ccccc2-c2ccc(-c3ccc(-c4cc(-c5ccc(-c6cccnc6)cc5)nc(-c5ccc6ccc7cccc8ccc5c6c78)n4)cc3)cc21.CC1(C)c2ccccc2-c2ccc(-c3ccc(-c4cc(-c5cccc(-c6cccnc6)c5)nc(-c5ccc6ccc7cccc8ccc5c6c78)n4)cc3)cc21. The molecule has 0 saturated carbocycles.